The van der Waals surface area contributed by atoms with E-state index < -0.39 is 0 Å². The number of rotatable bonds is 10. The highest BCUT2D eigenvalue weighted by Crippen LogP contribution is 2.15. The molecule has 1 aliphatic heterocycles. The average molecular weight is 424 g/mol. The van der Waals surface area contributed by atoms with Crippen LogP contribution < -0.4 is 20.3 Å². The number of hydrogen-bond acceptors (Lipinski definition) is 4. The number of nitrogens with zero attached hydrogens (tertiary/aromatic N) is 3. The molecule has 0 atom stereocenters. The van der Waals surface area contributed by atoms with Crippen LogP contribution in [0.5, 0.6) is 5.75 Å². The summed E-state index contributed by atoms with van der Waals surface area (Å²) in [5.41, 5.74) is 2.52. The lowest BCUT2D eigenvalue weighted by molar-refractivity contribution is 0.253. The zero-order valence-electron chi connectivity index (χ0n) is 19.0. The van der Waals surface area contributed by atoms with Crippen LogP contribution in [0.1, 0.15) is 25.3 Å². The summed E-state index contributed by atoms with van der Waals surface area (Å²) >= 11 is 0. The SMILES string of the molecule is CCNC(=NCc1ccc(OC)cc1)NCCCCN1CCN(c2ccccc2)CC1. The molecule has 6 nitrogen and oxygen atoms in total. The molecule has 1 saturated heterocycles. The van der Waals surface area contributed by atoms with Gasteiger partial charge in [0.1, 0.15) is 5.75 Å². The van der Waals surface area contributed by atoms with E-state index in [2.05, 4.69) is 69.8 Å². The number of nitrogens with one attached hydrogen (secondary N) is 2. The molecule has 168 valence electrons. The van der Waals surface area contributed by atoms with Crippen LogP contribution in [0.15, 0.2) is 59.6 Å². The fraction of sp³-hybridized carbons (Fsp3) is 0.480. The smallest absolute Gasteiger partial charge is 0.191 e. The third kappa shape index (κ3) is 7.79. The first kappa shape index (κ1) is 22.9. The lowest BCUT2D eigenvalue weighted by Gasteiger charge is -2.36. The van der Waals surface area contributed by atoms with Gasteiger partial charge in [0, 0.05) is 45.0 Å². The second kappa shape index (κ2) is 12.8. The number of anilines is 1. The van der Waals surface area contributed by atoms with Gasteiger partial charge in [0.15, 0.2) is 5.96 Å². The van der Waals surface area contributed by atoms with E-state index in [1.165, 1.54) is 24.2 Å². The number of benzene rings is 2. The fourth-order valence-corrected chi connectivity index (χ4v) is 3.78. The Balaban J connectivity index is 1.32. The van der Waals surface area contributed by atoms with Gasteiger partial charge in [0.05, 0.1) is 13.7 Å². The van der Waals surface area contributed by atoms with Crippen molar-refractivity contribution in [3.8, 4) is 5.75 Å². The van der Waals surface area contributed by atoms with Crippen molar-refractivity contribution in [2.45, 2.75) is 26.3 Å². The molecule has 3 rings (SSSR count). The number of methoxy groups -OCH3 is 1. The molecule has 31 heavy (non-hydrogen) atoms. The van der Waals surface area contributed by atoms with Crippen molar-refractivity contribution >= 4 is 11.6 Å². The summed E-state index contributed by atoms with van der Waals surface area (Å²) in [5.74, 6) is 1.76. The molecule has 0 amide bonds. The van der Waals surface area contributed by atoms with E-state index in [1.54, 1.807) is 7.11 Å². The maximum absolute atomic E-state index is 5.21. The summed E-state index contributed by atoms with van der Waals surface area (Å²) in [6.07, 6.45) is 2.35. The molecule has 0 bridgehead atoms. The van der Waals surface area contributed by atoms with Crippen molar-refractivity contribution in [2.75, 3.05) is 57.8 Å². The Bertz CT molecular complexity index is 770. The Morgan fingerprint density at radius 2 is 1.68 bits per heavy atom. The first-order chi connectivity index (χ1) is 15.3. The third-order valence-corrected chi connectivity index (χ3v) is 5.61. The maximum Gasteiger partial charge on any atom is 0.191 e. The molecule has 0 aliphatic carbocycles. The zero-order chi connectivity index (χ0) is 21.7. The average Bonchev–Trinajstić information content (AvgIpc) is 2.83. The standard InChI is InChI=1S/C25H37N5O/c1-3-26-25(28-21-22-11-13-24(31-2)14-12-22)27-15-7-8-16-29-17-19-30(20-18-29)23-9-5-4-6-10-23/h4-6,9-14H,3,7-8,15-21H2,1-2H3,(H2,26,27,28). The first-order valence-corrected chi connectivity index (χ1v) is 11.5. The van der Waals surface area contributed by atoms with Crippen molar-refractivity contribution in [1.82, 2.24) is 15.5 Å². The van der Waals surface area contributed by atoms with Crippen molar-refractivity contribution in [2.24, 2.45) is 4.99 Å². The molecule has 0 unspecified atom stereocenters. The summed E-state index contributed by atoms with van der Waals surface area (Å²) in [4.78, 5) is 9.77. The summed E-state index contributed by atoms with van der Waals surface area (Å²) < 4.78 is 5.21. The van der Waals surface area contributed by atoms with Gasteiger partial charge in [-0.15, -0.1) is 0 Å². The number of para-hydroxylation sites is 1. The predicted octanol–water partition coefficient (Wildman–Crippen LogP) is 3.35. The molecule has 2 N–H and O–H groups in total. The highest BCUT2D eigenvalue weighted by Gasteiger charge is 2.16. The molecule has 2 aromatic carbocycles. The van der Waals surface area contributed by atoms with Crippen molar-refractivity contribution in [3.05, 3.63) is 60.2 Å². The van der Waals surface area contributed by atoms with E-state index in [0.29, 0.717) is 6.54 Å². The van der Waals surface area contributed by atoms with Crippen LogP contribution in [0.3, 0.4) is 0 Å². The molecule has 0 saturated carbocycles. The molecule has 0 radical (unpaired) electrons. The predicted molar refractivity (Wildman–Crippen MR) is 130 cm³/mol. The van der Waals surface area contributed by atoms with Gasteiger partial charge in [-0.25, -0.2) is 4.99 Å². The Hall–Kier alpha value is -2.73. The zero-order valence-corrected chi connectivity index (χ0v) is 19.0. The Morgan fingerprint density at radius 3 is 2.35 bits per heavy atom. The molecule has 2 aromatic rings. The van der Waals surface area contributed by atoms with Gasteiger partial charge in [-0.2, -0.15) is 0 Å². The number of hydrogen-bond donors (Lipinski definition) is 2. The monoisotopic (exact) mass is 423 g/mol. The largest absolute Gasteiger partial charge is 0.497 e. The van der Waals surface area contributed by atoms with Crippen LogP contribution in [-0.4, -0.2) is 63.8 Å². The summed E-state index contributed by atoms with van der Waals surface area (Å²) in [6, 6.07) is 18.8. The minimum Gasteiger partial charge on any atom is -0.497 e. The maximum atomic E-state index is 5.21. The minimum absolute atomic E-state index is 0.658. The Morgan fingerprint density at radius 1 is 0.935 bits per heavy atom. The van der Waals surface area contributed by atoms with Crippen molar-refractivity contribution in [3.63, 3.8) is 0 Å². The fourth-order valence-electron chi connectivity index (χ4n) is 3.78. The van der Waals surface area contributed by atoms with Gasteiger partial charge in [0.2, 0.25) is 0 Å². The molecular weight excluding hydrogens is 386 g/mol. The second-order valence-electron chi connectivity index (χ2n) is 7.84. The molecule has 0 aromatic heterocycles. The quantitative estimate of drug-likeness (QED) is 0.349. The summed E-state index contributed by atoms with van der Waals surface area (Å²) in [5, 5.41) is 6.80. The number of ether oxygens (including phenoxy) is 1. The molecule has 6 heteroatoms. The van der Waals surface area contributed by atoms with Crippen LogP contribution in [0.4, 0.5) is 5.69 Å². The van der Waals surface area contributed by atoms with E-state index in [4.69, 9.17) is 9.73 Å². The van der Waals surface area contributed by atoms with E-state index >= 15 is 0 Å². The third-order valence-electron chi connectivity index (χ3n) is 5.61. The van der Waals surface area contributed by atoms with Crippen LogP contribution in [0, 0.1) is 0 Å². The Labute approximate surface area is 187 Å². The molecule has 1 aliphatic rings. The molecule has 1 heterocycles. The van der Waals surface area contributed by atoms with Crippen LogP contribution >= 0.6 is 0 Å². The van der Waals surface area contributed by atoms with E-state index in [0.717, 1.165) is 57.4 Å². The molecule has 0 spiro atoms. The van der Waals surface area contributed by atoms with Crippen LogP contribution in [-0.2, 0) is 6.54 Å². The van der Waals surface area contributed by atoms with Gasteiger partial charge in [0.25, 0.3) is 0 Å². The highest BCUT2D eigenvalue weighted by molar-refractivity contribution is 5.79. The Kier molecular flexibility index (Phi) is 9.51. The molecular formula is C25H37N5O. The highest BCUT2D eigenvalue weighted by atomic mass is 16.5. The summed E-state index contributed by atoms with van der Waals surface area (Å²) in [6.45, 7) is 10.3. The summed E-state index contributed by atoms with van der Waals surface area (Å²) in [7, 11) is 1.69. The normalized spacial score (nSPS) is 15.0. The number of aliphatic imine (C=N–C) groups is 1. The number of guanidine groups is 1. The lowest BCUT2D eigenvalue weighted by Crippen LogP contribution is -2.46. The number of piperazine rings is 1. The van der Waals surface area contributed by atoms with Crippen molar-refractivity contribution in [1.29, 1.82) is 0 Å². The minimum atomic E-state index is 0.658. The lowest BCUT2D eigenvalue weighted by atomic mass is 10.2. The van der Waals surface area contributed by atoms with Crippen LogP contribution in [0.2, 0.25) is 0 Å². The van der Waals surface area contributed by atoms with Gasteiger partial charge in [-0.05, 0) is 56.1 Å². The second-order valence-corrected chi connectivity index (χ2v) is 7.84. The first-order valence-electron chi connectivity index (χ1n) is 11.5. The van der Waals surface area contributed by atoms with Gasteiger partial charge in [-0.3, -0.25) is 4.90 Å². The van der Waals surface area contributed by atoms with E-state index in [9.17, 15) is 0 Å². The van der Waals surface area contributed by atoms with Gasteiger partial charge in [-0.1, -0.05) is 30.3 Å². The van der Waals surface area contributed by atoms with Crippen molar-refractivity contribution < 1.29 is 4.74 Å². The van der Waals surface area contributed by atoms with Gasteiger partial charge >= 0.3 is 0 Å². The van der Waals surface area contributed by atoms with Gasteiger partial charge < -0.3 is 20.3 Å². The van der Waals surface area contributed by atoms with E-state index in [1.807, 2.05) is 12.1 Å². The van der Waals surface area contributed by atoms with Crippen LogP contribution in [0.25, 0.3) is 0 Å². The topological polar surface area (TPSA) is 52.1 Å². The molecule has 1 fully saturated rings. The van der Waals surface area contributed by atoms with E-state index in [-0.39, 0.29) is 0 Å². The number of unbranched alkanes of at least 4 members (excludes halogenated alkanes) is 1.